The third-order valence-corrected chi connectivity index (χ3v) is 7.24. The van der Waals surface area contributed by atoms with Crippen LogP contribution in [0.15, 0.2) is 24.4 Å². The summed E-state index contributed by atoms with van der Waals surface area (Å²) in [6, 6.07) is 6.17. The standard InChI is InChI=1S/C23H31N9O/c1-23(21(33)25-16-5-2-10-24-14-16)9-4-11-31(23)22-27-20(18-6-3-12-32(18)30-22)26-19-13-17(28-29-19)15-7-8-15/h3,6,12-13,15-16,24H,2,4-5,7-11,14H2,1H3,(H,25,33)(H2,26,27,28,29,30)/t16?,23-/m0/s1. The summed E-state index contributed by atoms with van der Waals surface area (Å²) in [6.45, 7) is 4.60. The van der Waals surface area contributed by atoms with Gasteiger partial charge in [-0.3, -0.25) is 9.89 Å². The normalized spacial score (nSPS) is 25.5. The van der Waals surface area contributed by atoms with Gasteiger partial charge in [-0.25, -0.2) is 4.52 Å². The zero-order chi connectivity index (χ0) is 22.4. The van der Waals surface area contributed by atoms with Crippen LogP contribution in [-0.2, 0) is 4.79 Å². The Hall–Kier alpha value is -3.14. The Morgan fingerprint density at radius 3 is 3.00 bits per heavy atom. The van der Waals surface area contributed by atoms with Crippen molar-refractivity contribution < 1.29 is 4.79 Å². The van der Waals surface area contributed by atoms with Gasteiger partial charge in [0.05, 0.1) is 0 Å². The number of amides is 1. The highest BCUT2D eigenvalue weighted by Crippen LogP contribution is 2.40. The highest BCUT2D eigenvalue weighted by Gasteiger charge is 2.45. The number of aromatic amines is 1. The van der Waals surface area contributed by atoms with Gasteiger partial charge in [0.25, 0.3) is 0 Å². The molecular weight excluding hydrogens is 418 g/mol. The van der Waals surface area contributed by atoms with Crippen LogP contribution in [0.5, 0.6) is 0 Å². The molecule has 3 aromatic heterocycles. The van der Waals surface area contributed by atoms with Crippen molar-refractivity contribution in [2.45, 2.75) is 62.9 Å². The van der Waals surface area contributed by atoms with Gasteiger partial charge < -0.3 is 20.9 Å². The Bertz CT molecular complexity index is 1160. The lowest BCUT2D eigenvalue weighted by Gasteiger charge is -2.36. The van der Waals surface area contributed by atoms with Gasteiger partial charge in [0.2, 0.25) is 11.9 Å². The molecule has 5 heterocycles. The van der Waals surface area contributed by atoms with E-state index in [1.807, 2.05) is 29.8 Å². The highest BCUT2D eigenvalue weighted by molar-refractivity contribution is 5.90. The molecule has 1 aliphatic carbocycles. The van der Waals surface area contributed by atoms with Gasteiger partial charge in [-0.05, 0) is 64.1 Å². The first-order chi connectivity index (χ1) is 16.1. The Morgan fingerprint density at radius 2 is 2.18 bits per heavy atom. The topological polar surface area (TPSA) is 115 Å². The van der Waals surface area contributed by atoms with Gasteiger partial charge >= 0.3 is 0 Å². The summed E-state index contributed by atoms with van der Waals surface area (Å²) in [4.78, 5) is 20.3. The van der Waals surface area contributed by atoms with Crippen LogP contribution >= 0.6 is 0 Å². The molecule has 4 N–H and O–H groups in total. The van der Waals surface area contributed by atoms with Crippen molar-refractivity contribution in [2.75, 3.05) is 29.9 Å². The lowest BCUT2D eigenvalue weighted by Crippen LogP contribution is -2.58. The molecule has 3 aromatic rings. The molecule has 3 aliphatic rings. The quantitative estimate of drug-likeness (QED) is 0.456. The van der Waals surface area contributed by atoms with E-state index in [2.05, 4.69) is 37.1 Å². The number of hydrogen-bond donors (Lipinski definition) is 4. The number of H-pyrrole nitrogens is 1. The van der Waals surface area contributed by atoms with Gasteiger partial charge in [-0.1, -0.05) is 0 Å². The molecule has 10 nitrogen and oxygen atoms in total. The van der Waals surface area contributed by atoms with Crippen LogP contribution in [0.25, 0.3) is 5.52 Å². The smallest absolute Gasteiger partial charge is 0.246 e. The number of aromatic nitrogens is 5. The summed E-state index contributed by atoms with van der Waals surface area (Å²) in [5.41, 5.74) is 1.36. The first-order valence-corrected chi connectivity index (χ1v) is 12.1. The van der Waals surface area contributed by atoms with E-state index < -0.39 is 5.54 Å². The van der Waals surface area contributed by atoms with Crippen molar-refractivity contribution in [3.05, 3.63) is 30.1 Å². The van der Waals surface area contributed by atoms with E-state index in [1.54, 1.807) is 0 Å². The Balaban J connectivity index is 1.29. The second-order valence-corrected chi connectivity index (χ2v) is 9.75. The first-order valence-electron chi connectivity index (χ1n) is 12.1. The van der Waals surface area contributed by atoms with E-state index in [9.17, 15) is 4.79 Å². The molecule has 10 heteroatoms. The maximum absolute atomic E-state index is 13.4. The Labute approximate surface area is 192 Å². The molecule has 3 fully saturated rings. The van der Waals surface area contributed by atoms with E-state index in [0.29, 0.717) is 17.7 Å². The van der Waals surface area contributed by atoms with Crippen LogP contribution in [0.3, 0.4) is 0 Å². The molecule has 0 bridgehead atoms. The van der Waals surface area contributed by atoms with Crippen molar-refractivity contribution in [2.24, 2.45) is 0 Å². The number of nitrogens with zero attached hydrogens (tertiary/aromatic N) is 5. The molecule has 0 spiro atoms. The number of carbonyl (C=O) groups is 1. The Morgan fingerprint density at radius 1 is 1.27 bits per heavy atom. The minimum atomic E-state index is -0.680. The number of carbonyl (C=O) groups excluding carboxylic acids is 1. The van der Waals surface area contributed by atoms with Gasteiger partial charge in [0.1, 0.15) is 11.1 Å². The van der Waals surface area contributed by atoms with Crippen LogP contribution in [0, 0.1) is 0 Å². The average molecular weight is 450 g/mol. The first kappa shape index (κ1) is 20.5. The SMILES string of the molecule is C[C@@]1(C(=O)NC2CCCNC2)CCCN1c1nc(Nc2cc(C3CC3)[nH]n2)c2cccn2n1. The summed E-state index contributed by atoms with van der Waals surface area (Å²) in [5, 5.41) is 22.3. The lowest BCUT2D eigenvalue weighted by atomic mass is 9.96. The highest BCUT2D eigenvalue weighted by atomic mass is 16.2. The number of hydrogen-bond acceptors (Lipinski definition) is 7. The maximum atomic E-state index is 13.4. The van der Waals surface area contributed by atoms with E-state index >= 15 is 0 Å². The molecule has 2 aliphatic heterocycles. The maximum Gasteiger partial charge on any atom is 0.246 e. The fourth-order valence-corrected chi connectivity index (χ4v) is 5.09. The second-order valence-electron chi connectivity index (χ2n) is 9.75. The third-order valence-electron chi connectivity index (χ3n) is 7.24. The molecule has 1 unspecified atom stereocenters. The van der Waals surface area contributed by atoms with Crippen LogP contribution < -0.4 is 20.9 Å². The zero-order valence-corrected chi connectivity index (χ0v) is 19.0. The van der Waals surface area contributed by atoms with E-state index in [4.69, 9.17) is 10.1 Å². The van der Waals surface area contributed by atoms with Gasteiger partial charge in [-0.15, -0.1) is 5.10 Å². The molecule has 2 saturated heterocycles. The summed E-state index contributed by atoms with van der Waals surface area (Å²) >= 11 is 0. The van der Waals surface area contributed by atoms with Crippen LogP contribution in [-0.4, -0.2) is 61.9 Å². The van der Waals surface area contributed by atoms with Gasteiger partial charge in [-0.2, -0.15) is 10.1 Å². The predicted molar refractivity (Wildman–Crippen MR) is 126 cm³/mol. The molecule has 1 saturated carbocycles. The van der Waals surface area contributed by atoms with Crippen LogP contribution in [0.1, 0.15) is 57.1 Å². The number of rotatable bonds is 6. The summed E-state index contributed by atoms with van der Waals surface area (Å²) in [7, 11) is 0. The largest absolute Gasteiger partial charge is 0.350 e. The molecule has 0 radical (unpaired) electrons. The number of piperidine rings is 1. The van der Waals surface area contributed by atoms with E-state index in [0.717, 1.165) is 56.7 Å². The fourth-order valence-electron chi connectivity index (χ4n) is 5.09. The second kappa shape index (κ2) is 8.02. The molecule has 1 amide bonds. The molecule has 174 valence electrons. The molecule has 2 atom stereocenters. The number of anilines is 3. The predicted octanol–water partition coefficient (Wildman–Crippen LogP) is 2.30. The third kappa shape index (κ3) is 3.82. The monoisotopic (exact) mass is 449 g/mol. The zero-order valence-electron chi connectivity index (χ0n) is 19.0. The van der Waals surface area contributed by atoms with Crippen molar-refractivity contribution in [3.63, 3.8) is 0 Å². The fraction of sp³-hybridized carbons (Fsp3) is 0.565. The van der Waals surface area contributed by atoms with Crippen molar-refractivity contribution in [1.82, 2.24) is 35.4 Å². The summed E-state index contributed by atoms with van der Waals surface area (Å²) in [6.07, 6.45) is 8.15. The van der Waals surface area contributed by atoms with Crippen molar-refractivity contribution in [3.8, 4) is 0 Å². The van der Waals surface area contributed by atoms with Crippen molar-refractivity contribution >= 4 is 29.0 Å². The number of nitrogens with one attached hydrogen (secondary N) is 4. The lowest BCUT2D eigenvalue weighted by molar-refractivity contribution is -0.126. The van der Waals surface area contributed by atoms with Crippen LogP contribution in [0.2, 0.25) is 0 Å². The van der Waals surface area contributed by atoms with Gasteiger partial charge in [0, 0.05) is 43.0 Å². The van der Waals surface area contributed by atoms with Gasteiger partial charge in [0.15, 0.2) is 11.6 Å². The Kier molecular flexibility index (Phi) is 4.97. The average Bonchev–Trinajstić information content (AvgIpc) is 3.20. The van der Waals surface area contributed by atoms with E-state index in [1.165, 1.54) is 18.5 Å². The van der Waals surface area contributed by atoms with Crippen LogP contribution in [0.4, 0.5) is 17.6 Å². The minimum Gasteiger partial charge on any atom is -0.350 e. The molecule has 33 heavy (non-hydrogen) atoms. The number of fused-ring (bicyclic) bond motifs is 1. The summed E-state index contributed by atoms with van der Waals surface area (Å²) < 4.78 is 1.82. The van der Waals surface area contributed by atoms with E-state index in [-0.39, 0.29) is 11.9 Å². The molecule has 0 aromatic carbocycles. The van der Waals surface area contributed by atoms with Crippen molar-refractivity contribution in [1.29, 1.82) is 0 Å². The molecule has 6 rings (SSSR count). The minimum absolute atomic E-state index is 0.0563. The summed E-state index contributed by atoms with van der Waals surface area (Å²) in [5.74, 6) is 2.64. The molecular formula is C23H31N9O.